The standard InChI is InChI=1S/C18H20O2/c1-4-15-7-5-6-8-18(15)20-12-17(19)16-10-9-13(2)14(3)11-16/h5-11H,4,12H2,1-3H3. The molecule has 0 aromatic heterocycles. The van der Waals surface area contributed by atoms with E-state index in [4.69, 9.17) is 4.74 Å². The van der Waals surface area contributed by atoms with Crippen molar-refractivity contribution in [3.05, 3.63) is 64.7 Å². The first-order valence-electron chi connectivity index (χ1n) is 6.93. The van der Waals surface area contributed by atoms with Gasteiger partial charge in [0.25, 0.3) is 0 Å². The molecule has 0 heterocycles. The zero-order chi connectivity index (χ0) is 14.5. The fraction of sp³-hybridized carbons (Fsp3) is 0.278. The van der Waals surface area contributed by atoms with E-state index in [-0.39, 0.29) is 12.4 Å². The van der Waals surface area contributed by atoms with Crippen molar-refractivity contribution in [2.24, 2.45) is 0 Å². The first-order chi connectivity index (χ1) is 9.61. The van der Waals surface area contributed by atoms with Crippen molar-refractivity contribution in [2.45, 2.75) is 27.2 Å². The van der Waals surface area contributed by atoms with Gasteiger partial charge in [-0.15, -0.1) is 0 Å². The van der Waals surface area contributed by atoms with Gasteiger partial charge >= 0.3 is 0 Å². The van der Waals surface area contributed by atoms with Crippen molar-refractivity contribution in [1.29, 1.82) is 0 Å². The number of ketones is 1. The summed E-state index contributed by atoms with van der Waals surface area (Å²) >= 11 is 0. The Bertz CT molecular complexity index is 615. The van der Waals surface area contributed by atoms with Crippen molar-refractivity contribution in [2.75, 3.05) is 6.61 Å². The predicted octanol–water partition coefficient (Wildman–Crippen LogP) is 4.13. The molecule has 0 spiro atoms. The van der Waals surface area contributed by atoms with Gasteiger partial charge in [0.15, 0.2) is 12.4 Å². The summed E-state index contributed by atoms with van der Waals surface area (Å²) in [6.07, 6.45) is 0.897. The van der Waals surface area contributed by atoms with Crippen LogP contribution in [0.3, 0.4) is 0 Å². The number of carbonyl (C=O) groups excluding carboxylic acids is 1. The van der Waals surface area contributed by atoms with Crippen LogP contribution in [0.15, 0.2) is 42.5 Å². The van der Waals surface area contributed by atoms with Gasteiger partial charge < -0.3 is 4.74 Å². The number of ether oxygens (including phenoxy) is 1. The number of hydrogen-bond donors (Lipinski definition) is 0. The lowest BCUT2D eigenvalue weighted by molar-refractivity contribution is 0.0921. The Morgan fingerprint density at radius 1 is 1.05 bits per heavy atom. The second kappa shape index (κ2) is 6.38. The lowest BCUT2D eigenvalue weighted by Crippen LogP contribution is -2.12. The van der Waals surface area contributed by atoms with E-state index in [9.17, 15) is 4.79 Å². The molecule has 0 aliphatic rings. The van der Waals surface area contributed by atoms with Gasteiger partial charge in [-0.3, -0.25) is 4.79 Å². The maximum absolute atomic E-state index is 12.2. The van der Waals surface area contributed by atoms with E-state index < -0.39 is 0 Å². The summed E-state index contributed by atoms with van der Waals surface area (Å²) in [5, 5.41) is 0. The molecule has 2 heteroatoms. The van der Waals surface area contributed by atoms with Gasteiger partial charge in [-0.05, 0) is 49.1 Å². The topological polar surface area (TPSA) is 26.3 Å². The summed E-state index contributed by atoms with van der Waals surface area (Å²) < 4.78 is 5.66. The lowest BCUT2D eigenvalue weighted by atomic mass is 10.0. The Kier molecular flexibility index (Phi) is 4.57. The van der Waals surface area contributed by atoms with Gasteiger partial charge in [0.1, 0.15) is 5.75 Å². The molecule has 104 valence electrons. The average molecular weight is 268 g/mol. The number of Topliss-reactive ketones (excluding diaryl/α,β-unsaturated/α-hetero) is 1. The highest BCUT2D eigenvalue weighted by Crippen LogP contribution is 2.19. The Morgan fingerprint density at radius 3 is 2.50 bits per heavy atom. The Morgan fingerprint density at radius 2 is 1.80 bits per heavy atom. The van der Waals surface area contributed by atoms with Gasteiger partial charge in [0.05, 0.1) is 0 Å². The van der Waals surface area contributed by atoms with E-state index >= 15 is 0 Å². The van der Waals surface area contributed by atoms with Crippen LogP contribution in [0.1, 0.15) is 34.0 Å². The monoisotopic (exact) mass is 268 g/mol. The van der Waals surface area contributed by atoms with Crippen LogP contribution in [-0.4, -0.2) is 12.4 Å². The van der Waals surface area contributed by atoms with Crippen LogP contribution >= 0.6 is 0 Å². The number of para-hydroxylation sites is 1. The van der Waals surface area contributed by atoms with Crippen molar-refractivity contribution in [3.63, 3.8) is 0 Å². The van der Waals surface area contributed by atoms with E-state index in [2.05, 4.69) is 6.92 Å². The number of hydrogen-bond acceptors (Lipinski definition) is 2. The summed E-state index contributed by atoms with van der Waals surface area (Å²) in [6.45, 7) is 6.21. The molecule has 2 aromatic rings. The molecule has 0 aliphatic heterocycles. The molecule has 0 saturated heterocycles. The molecule has 0 N–H and O–H groups in total. The van der Waals surface area contributed by atoms with Crippen LogP contribution in [0.2, 0.25) is 0 Å². The highest BCUT2D eigenvalue weighted by Gasteiger charge is 2.09. The number of carbonyl (C=O) groups is 1. The first kappa shape index (κ1) is 14.3. The van der Waals surface area contributed by atoms with Crippen LogP contribution in [0, 0.1) is 13.8 Å². The van der Waals surface area contributed by atoms with Crippen LogP contribution in [-0.2, 0) is 6.42 Å². The third-order valence-corrected chi connectivity index (χ3v) is 3.54. The Balaban J connectivity index is 2.06. The third-order valence-electron chi connectivity index (χ3n) is 3.54. The van der Waals surface area contributed by atoms with Crippen LogP contribution in [0.4, 0.5) is 0 Å². The van der Waals surface area contributed by atoms with E-state index in [0.717, 1.165) is 23.3 Å². The molecule has 0 radical (unpaired) electrons. The van der Waals surface area contributed by atoms with Gasteiger partial charge in [-0.2, -0.15) is 0 Å². The first-order valence-corrected chi connectivity index (χ1v) is 6.93. The Labute approximate surface area is 120 Å². The fourth-order valence-electron chi connectivity index (χ4n) is 2.08. The molecule has 0 atom stereocenters. The van der Waals surface area contributed by atoms with Gasteiger partial charge in [0, 0.05) is 5.56 Å². The molecule has 0 amide bonds. The van der Waals surface area contributed by atoms with Crippen molar-refractivity contribution in [3.8, 4) is 5.75 Å². The highest BCUT2D eigenvalue weighted by molar-refractivity contribution is 5.97. The zero-order valence-corrected chi connectivity index (χ0v) is 12.3. The second-order valence-electron chi connectivity index (χ2n) is 4.97. The number of benzene rings is 2. The van der Waals surface area contributed by atoms with Crippen LogP contribution < -0.4 is 4.74 Å². The quantitative estimate of drug-likeness (QED) is 0.762. The third kappa shape index (κ3) is 3.27. The van der Waals surface area contributed by atoms with Crippen LogP contribution in [0.5, 0.6) is 5.75 Å². The predicted molar refractivity (Wildman–Crippen MR) is 81.6 cm³/mol. The van der Waals surface area contributed by atoms with E-state index in [1.165, 1.54) is 5.56 Å². The van der Waals surface area contributed by atoms with Gasteiger partial charge in [0.2, 0.25) is 0 Å². The molecule has 2 nitrogen and oxygen atoms in total. The summed E-state index contributed by atoms with van der Waals surface area (Å²) in [6, 6.07) is 13.6. The Hall–Kier alpha value is -2.09. The molecule has 0 fully saturated rings. The summed E-state index contributed by atoms with van der Waals surface area (Å²) in [5.74, 6) is 0.811. The molecular weight excluding hydrogens is 248 g/mol. The largest absolute Gasteiger partial charge is 0.485 e. The van der Waals surface area contributed by atoms with E-state index in [0.29, 0.717) is 5.56 Å². The molecule has 0 bridgehead atoms. The molecule has 0 unspecified atom stereocenters. The zero-order valence-electron chi connectivity index (χ0n) is 12.3. The maximum atomic E-state index is 12.2. The smallest absolute Gasteiger partial charge is 0.200 e. The fourth-order valence-corrected chi connectivity index (χ4v) is 2.08. The molecule has 2 aromatic carbocycles. The van der Waals surface area contributed by atoms with Crippen molar-refractivity contribution in [1.82, 2.24) is 0 Å². The van der Waals surface area contributed by atoms with Gasteiger partial charge in [-0.1, -0.05) is 37.3 Å². The maximum Gasteiger partial charge on any atom is 0.200 e. The average Bonchev–Trinajstić information content (AvgIpc) is 2.47. The minimum atomic E-state index is 0.0130. The molecule has 20 heavy (non-hydrogen) atoms. The van der Waals surface area contributed by atoms with Gasteiger partial charge in [-0.25, -0.2) is 0 Å². The van der Waals surface area contributed by atoms with Crippen LogP contribution in [0.25, 0.3) is 0 Å². The number of aryl methyl sites for hydroxylation is 3. The van der Waals surface area contributed by atoms with Crippen molar-refractivity contribution < 1.29 is 9.53 Å². The molecule has 0 aliphatic carbocycles. The molecule has 2 rings (SSSR count). The van der Waals surface area contributed by atoms with E-state index in [1.54, 1.807) is 0 Å². The minimum absolute atomic E-state index is 0.0130. The van der Waals surface area contributed by atoms with Crippen molar-refractivity contribution >= 4 is 5.78 Å². The van der Waals surface area contributed by atoms with E-state index in [1.807, 2.05) is 56.3 Å². The second-order valence-corrected chi connectivity index (χ2v) is 4.97. The highest BCUT2D eigenvalue weighted by atomic mass is 16.5. The number of rotatable bonds is 5. The summed E-state index contributed by atoms with van der Waals surface area (Å²) in [4.78, 5) is 12.2. The normalized spacial score (nSPS) is 10.3. The molecule has 0 saturated carbocycles. The molecular formula is C18H20O2. The summed E-state index contributed by atoms with van der Waals surface area (Å²) in [5.41, 5.74) is 4.16. The SMILES string of the molecule is CCc1ccccc1OCC(=O)c1ccc(C)c(C)c1. The lowest BCUT2D eigenvalue weighted by Gasteiger charge is -2.10. The minimum Gasteiger partial charge on any atom is -0.485 e. The summed E-state index contributed by atoms with van der Waals surface area (Å²) in [7, 11) is 0.